The topological polar surface area (TPSA) is 49.3 Å². The van der Waals surface area contributed by atoms with Crippen molar-refractivity contribution in [3.63, 3.8) is 0 Å². The third-order valence-corrected chi connectivity index (χ3v) is 3.29. The van der Waals surface area contributed by atoms with Gasteiger partial charge in [0.1, 0.15) is 6.61 Å². The Morgan fingerprint density at radius 3 is 2.79 bits per heavy atom. The predicted molar refractivity (Wildman–Crippen MR) is 76.8 cm³/mol. The van der Waals surface area contributed by atoms with E-state index < -0.39 is 0 Å². The number of hydrogen-bond acceptors (Lipinski definition) is 2. The average Bonchev–Trinajstić information content (AvgIpc) is 2.44. The van der Waals surface area contributed by atoms with Crippen molar-refractivity contribution >= 4 is 5.91 Å². The third kappa shape index (κ3) is 4.76. The van der Waals surface area contributed by atoms with Crippen LogP contribution in [0.2, 0.25) is 0 Å². The summed E-state index contributed by atoms with van der Waals surface area (Å²) in [6.45, 7) is 6.06. The first-order valence-electron chi connectivity index (χ1n) is 6.59. The zero-order valence-corrected chi connectivity index (χ0v) is 11.7. The van der Waals surface area contributed by atoms with E-state index in [1.807, 2.05) is 13.0 Å². The summed E-state index contributed by atoms with van der Waals surface area (Å²) in [7, 11) is 0. The second-order valence-corrected chi connectivity index (χ2v) is 4.69. The first-order chi connectivity index (χ1) is 9.08. The average molecular weight is 259 g/mol. The fourth-order valence-corrected chi connectivity index (χ4v) is 1.67. The standard InChI is InChI=1S/C16H21NO2/c1-4-12(2)13(3)17-16(19)15-9-5-7-14(11-15)8-6-10-18/h5,7,9,11-13,18H,4,10H2,1-3H3,(H,17,19). The number of carbonyl (C=O) groups excluding carboxylic acids is 1. The molecule has 2 unspecified atom stereocenters. The van der Waals surface area contributed by atoms with Crippen molar-refractivity contribution in [1.82, 2.24) is 5.32 Å². The molecule has 2 atom stereocenters. The summed E-state index contributed by atoms with van der Waals surface area (Å²) >= 11 is 0. The quantitative estimate of drug-likeness (QED) is 0.814. The highest BCUT2D eigenvalue weighted by molar-refractivity contribution is 5.94. The lowest BCUT2D eigenvalue weighted by molar-refractivity contribution is 0.0928. The zero-order chi connectivity index (χ0) is 14.3. The van der Waals surface area contributed by atoms with Crippen molar-refractivity contribution in [2.24, 2.45) is 5.92 Å². The summed E-state index contributed by atoms with van der Waals surface area (Å²) in [5.41, 5.74) is 1.33. The molecule has 19 heavy (non-hydrogen) atoms. The van der Waals surface area contributed by atoms with E-state index in [9.17, 15) is 4.79 Å². The summed E-state index contributed by atoms with van der Waals surface area (Å²) in [6.07, 6.45) is 1.03. The molecule has 2 N–H and O–H groups in total. The maximum absolute atomic E-state index is 12.1. The highest BCUT2D eigenvalue weighted by Gasteiger charge is 2.14. The minimum absolute atomic E-state index is 0.0829. The van der Waals surface area contributed by atoms with Crippen LogP contribution in [0.5, 0.6) is 0 Å². The minimum atomic E-state index is -0.179. The van der Waals surface area contributed by atoms with E-state index in [1.54, 1.807) is 18.2 Å². The van der Waals surface area contributed by atoms with Gasteiger partial charge in [-0.25, -0.2) is 0 Å². The van der Waals surface area contributed by atoms with Crippen LogP contribution in [0, 0.1) is 17.8 Å². The molecule has 1 amide bonds. The van der Waals surface area contributed by atoms with E-state index in [4.69, 9.17) is 5.11 Å². The van der Waals surface area contributed by atoms with Crippen molar-refractivity contribution in [2.75, 3.05) is 6.61 Å². The molecule has 0 aliphatic rings. The van der Waals surface area contributed by atoms with Crippen molar-refractivity contribution in [3.05, 3.63) is 35.4 Å². The number of carbonyl (C=O) groups is 1. The molecule has 3 nitrogen and oxygen atoms in total. The lowest BCUT2D eigenvalue weighted by Gasteiger charge is -2.19. The molecule has 1 aromatic rings. The fraction of sp³-hybridized carbons (Fsp3) is 0.438. The van der Waals surface area contributed by atoms with Gasteiger partial charge in [-0.15, -0.1) is 0 Å². The first-order valence-corrected chi connectivity index (χ1v) is 6.59. The van der Waals surface area contributed by atoms with Crippen LogP contribution in [-0.4, -0.2) is 23.7 Å². The highest BCUT2D eigenvalue weighted by Crippen LogP contribution is 2.09. The van der Waals surface area contributed by atoms with Gasteiger partial charge in [0.2, 0.25) is 0 Å². The summed E-state index contributed by atoms with van der Waals surface area (Å²) in [5, 5.41) is 11.7. The van der Waals surface area contributed by atoms with Crippen LogP contribution >= 0.6 is 0 Å². The maximum atomic E-state index is 12.1. The SMILES string of the molecule is CCC(C)C(C)NC(=O)c1cccc(C#CCO)c1. The van der Waals surface area contributed by atoms with Gasteiger partial charge in [-0.05, 0) is 31.0 Å². The predicted octanol–water partition coefficient (Wildman–Crippen LogP) is 2.19. The second kappa shape index (κ2) is 7.60. The summed E-state index contributed by atoms with van der Waals surface area (Å²) in [4.78, 5) is 12.1. The van der Waals surface area contributed by atoms with Crippen molar-refractivity contribution in [3.8, 4) is 11.8 Å². The maximum Gasteiger partial charge on any atom is 0.251 e. The van der Waals surface area contributed by atoms with E-state index in [-0.39, 0.29) is 18.6 Å². The monoisotopic (exact) mass is 259 g/mol. The summed E-state index contributed by atoms with van der Waals surface area (Å²) in [6, 6.07) is 7.26. The van der Waals surface area contributed by atoms with Crippen LogP contribution < -0.4 is 5.32 Å². The molecule has 0 radical (unpaired) electrons. The van der Waals surface area contributed by atoms with Gasteiger partial charge in [0.05, 0.1) is 0 Å². The molecule has 1 rings (SSSR count). The van der Waals surface area contributed by atoms with E-state index >= 15 is 0 Å². The van der Waals surface area contributed by atoms with Crippen LogP contribution in [0.3, 0.4) is 0 Å². The molecule has 0 saturated carbocycles. The summed E-state index contributed by atoms with van der Waals surface area (Å²) < 4.78 is 0. The van der Waals surface area contributed by atoms with Crippen LogP contribution in [0.15, 0.2) is 24.3 Å². The van der Waals surface area contributed by atoms with Crippen LogP contribution in [0.4, 0.5) is 0 Å². The molecule has 0 saturated heterocycles. The molecule has 102 valence electrons. The molecule has 0 bridgehead atoms. The number of amides is 1. The Bertz CT molecular complexity index is 485. The van der Waals surface area contributed by atoms with Gasteiger partial charge in [-0.2, -0.15) is 0 Å². The lowest BCUT2D eigenvalue weighted by atomic mass is 10.0. The number of hydrogen-bond donors (Lipinski definition) is 2. The Hall–Kier alpha value is -1.79. The minimum Gasteiger partial charge on any atom is -0.384 e. The number of aliphatic hydroxyl groups is 1. The first kappa shape index (κ1) is 15.3. The van der Waals surface area contributed by atoms with Gasteiger partial charge in [-0.3, -0.25) is 4.79 Å². The second-order valence-electron chi connectivity index (χ2n) is 4.69. The van der Waals surface area contributed by atoms with Crippen molar-refractivity contribution in [1.29, 1.82) is 0 Å². The van der Waals surface area contributed by atoms with E-state index in [1.165, 1.54) is 0 Å². The molecular formula is C16H21NO2. The molecular weight excluding hydrogens is 238 g/mol. The lowest BCUT2D eigenvalue weighted by Crippen LogP contribution is -2.36. The number of aliphatic hydroxyl groups excluding tert-OH is 1. The van der Waals surface area contributed by atoms with Crippen LogP contribution in [0.1, 0.15) is 43.1 Å². The molecule has 0 spiro atoms. The van der Waals surface area contributed by atoms with Crippen LogP contribution in [0.25, 0.3) is 0 Å². The number of nitrogens with one attached hydrogen (secondary N) is 1. The Labute approximate surface area is 115 Å². The van der Waals surface area contributed by atoms with Gasteiger partial charge in [0, 0.05) is 17.2 Å². The Balaban J connectivity index is 2.77. The molecule has 3 heteroatoms. The zero-order valence-electron chi connectivity index (χ0n) is 11.7. The number of benzene rings is 1. The normalized spacial score (nSPS) is 13.1. The van der Waals surface area contributed by atoms with Gasteiger partial charge < -0.3 is 10.4 Å². The van der Waals surface area contributed by atoms with E-state index in [0.29, 0.717) is 11.5 Å². The third-order valence-electron chi connectivity index (χ3n) is 3.29. The van der Waals surface area contributed by atoms with Gasteiger partial charge in [-0.1, -0.05) is 38.2 Å². The Kier molecular flexibility index (Phi) is 6.11. The van der Waals surface area contributed by atoms with Crippen molar-refractivity contribution in [2.45, 2.75) is 33.2 Å². The molecule has 0 aliphatic heterocycles. The Morgan fingerprint density at radius 1 is 1.42 bits per heavy atom. The van der Waals surface area contributed by atoms with Gasteiger partial charge in [0.15, 0.2) is 0 Å². The Morgan fingerprint density at radius 2 is 2.16 bits per heavy atom. The van der Waals surface area contributed by atoms with E-state index in [0.717, 1.165) is 12.0 Å². The molecule has 0 aliphatic carbocycles. The number of rotatable bonds is 4. The van der Waals surface area contributed by atoms with Gasteiger partial charge >= 0.3 is 0 Å². The van der Waals surface area contributed by atoms with Crippen LogP contribution in [-0.2, 0) is 0 Å². The molecule has 0 fully saturated rings. The smallest absolute Gasteiger partial charge is 0.251 e. The highest BCUT2D eigenvalue weighted by atomic mass is 16.2. The molecule has 1 aromatic carbocycles. The largest absolute Gasteiger partial charge is 0.384 e. The molecule has 0 aromatic heterocycles. The summed E-state index contributed by atoms with van der Waals surface area (Å²) in [5.74, 6) is 5.73. The fourth-order valence-electron chi connectivity index (χ4n) is 1.67. The van der Waals surface area contributed by atoms with E-state index in [2.05, 4.69) is 31.0 Å². The van der Waals surface area contributed by atoms with Gasteiger partial charge in [0.25, 0.3) is 5.91 Å². The van der Waals surface area contributed by atoms with Crippen molar-refractivity contribution < 1.29 is 9.90 Å². The molecule has 0 heterocycles.